The number of benzene rings is 1. The molecule has 0 fully saturated rings. The van der Waals surface area contributed by atoms with Gasteiger partial charge in [-0.3, -0.25) is 9.59 Å². The minimum Gasteiger partial charge on any atom is -0.485 e. The molecule has 24 heavy (non-hydrogen) atoms. The van der Waals surface area contributed by atoms with E-state index in [2.05, 4.69) is 10.3 Å². The molecule has 1 aliphatic rings. The maximum atomic E-state index is 11.7. The molecule has 3 rings (SSSR count). The minimum absolute atomic E-state index is 0.244. The van der Waals surface area contributed by atoms with Gasteiger partial charge in [0.15, 0.2) is 22.7 Å². The third-order valence-electron chi connectivity index (χ3n) is 3.22. The first-order valence-electron chi connectivity index (χ1n) is 7.45. The third-order valence-corrected chi connectivity index (χ3v) is 3.99. The fourth-order valence-corrected chi connectivity index (χ4v) is 2.93. The Morgan fingerprint density at radius 3 is 2.96 bits per heavy atom. The van der Waals surface area contributed by atoms with E-state index < -0.39 is 11.9 Å². The second kappa shape index (κ2) is 7.31. The lowest BCUT2D eigenvalue weighted by Crippen LogP contribution is -2.22. The van der Waals surface area contributed by atoms with Crippen molar-refractivity contribution in [2.75, 3.05) is 18.5 Å². The van der Waals surface area contributed by atoms with E-state index >= 15 is 0 Å². The number of carbonyl (C=O) groups is 2. The summed E-state index contributed by atoms with van der Waals surface area (Å²) >= 11 is 1.26. The zero-order valence-electron chi connectivity index (χ0n) is 13.0. The Labute approximate surface area is 142 Å². The molecule has 0 bridgehead atoms. The maximum Gasteiger partial charge on any atom is 0.315 e. The number of rotatable bonds is 5. The van der Waals surface area contributed by atoms with Crippen LogP contribution in [0.5, 0.6) is 11.5 Å². The van der Waals surface area contributed by atoms with E-state index in [1.165, 1.54) is 11.3 Å². The van der Waals surface area contributed by atoms with Crippen LogP contribution in [0.3, 0.4) is 0 Å². The average Bonchev–Trinajstić information content (AvgIpc) is 3.02. The van der Waals surface area contributed by atoms with Crippen LogP contribution < -0.4 is 14.8 Å². The molecule has 0 radical (unpaired) electrons. The van der Waals surface area contributed by atoms with E-state index in [4.69, 9.17) is 14.2 Å². The van der Waals surface area contributed by atoms with Gasteiger partial charge in [-0.15, -0.1) is 11.3 Å². The van der Waals surface area contributed by atoms with E-state index in [9.17, 15) is 9.59 Å². The normalized spacial score (nSPS) is 15.6. The lowest BCUT2D eigenvalue weighted by atomic mass is 10.2. The maximum absolute atomic E-state index is 11.7. The number of esters is 1. The van der Waals surface area contributed by atoms with E-state index in [1.54, 1.807) is 12.3 Å². The van der Waals surface area contributed by atoms with Crippen LogP contribution in [-0.4, -0.2) is 30.1 Å². The summed E-state index contributed by atoms with van der Waals surface area (Å²) in [5, 5.41) is 4.78. The molecule has 1 N–H and O–H groups in total. The van der Waals surface area contributed by atoms with Crippen LogP contribution in [0.2, 0.25) is 0 Å². The molecule has 0 spiro atoms. The number of hydrogen-bond donors (Lipinski definition) is 1. The Balaban J connectivity index is 1.60. The molecule has 1 aliphatic heterocycles. The number of aromatic nitrogens is 1. The highest BCUT2D eigenvalue weighted by atomic mass is 32.1. The molecule has 2 aromatic rings. The van der Waals surface area contributed by atoms with Gasteiger partial charge < -0.3 is 19.5 Å². The molecule has 7 nitrogen and oxygen atoms in total. The number of hydrogen-bond acceptors (Lipinski definition) is 7. The van der Waals surface area contributed by atoms with Gasteiger partial charge in [0, 0.05) is 5.38 Å². The predicted molar refractivity (Wildman–Crippen MR) is 87.3 cm³/mol. The van der Waals surface area contributed by atoms with E-state index in [1.807, 2.05) is 24.3 Å². The molecule has 2 heterocycles. The Hall–Kier alpha value is -2.61. The first-order chi connectivity index (χ1) is 11.7. The van der Waals surface area contributed by atoms with Gasteiger partial charge in [0.05, 0.1) is 12.3 Å². The standard InChI is InChI=1S/C16H16N2O5S/c1-2-21-15(20)7-14(19)18-16-17-10(9-24-16)13-8-22-11-5-3-4-6-12(11)23-13/h3-6,9,13H,2,7-8H2,1H3,(H,17,18,19)/t13-/m1/s1. The van der Waals surface area contributed by atoms with Gasteiger partial charge in [-0.05, 0) is 19.1 Å². The molecule has 126 valence electrons. The summed E-state index contributed by atoms with van der Waals surface area (Å²) in [5.41, 5.74) is 0.668. The van der Waals surface area contributed by atoms with Gasteiger partial charge in [-0.25, -0.2) is 4.98 Å². The van der Waals surface area contributed by atoms with Crippen molar-refractivity contribution in [1.29, 1.82) is 0 Å². The summed E-state index contributed by atoms with van der Waals surface area (Å²) in [5.74, 6) is 0.342. The summed E-state index contributed by atoms with van der Waals surface area (Å²) in [6, 6.07) is 7.42. The van der Waals surface area contributed by atoms with Crippen molar-refractivity contribution in [1.82, 2.24) is 4.98 Å². The number of amides is 1. The van der Waals surface area contributed by atoms with Gasteiger partial charge in [-0.1, -0.05) is 12.1 Å². The molecular formula is C16H16N2O5S. The number of nitrogens with one attached hydrogen (secondary N) is 1. The second-order valence-corrected chi connectivity index (χ2v) is 5.83. The van der Waals surface area contributed by atoms with Crippen LogP contribution in [0.25, 0.3) is 0 Å². The third kappa shape index (κ3) is 3.83. The number of thiazole rings is 1. The lowest BCUT2D eigenvalue weighted by molar-refractivity contribution is -0.145. The largest absolute Gasteiger partial charge is 0.485 e. The molecule has 1 atom stereocenters. The highest BCUT2D eigenvalue weighted by Gasteiger charge is 2.24. The van der Waals surface area contributed by atoms with Crippen molar-refractivity contribution in [3.63, 3.8) is 0 Å². The van der Waals surface area contributed by atoms with E-state index in [0.29, 0.717) is 28.9 Å². The summed E-state index contributed by atoms with van der Waals surface area (Å²) < 4.78 is 16.2. The molecule has 1 aromatic carbocycles. The van der Waals surface area contributed by atoms with E-state index in [0.717, 1.165) is 0 Å². The highest BCUT2D eigenvalue weighted by molar-refractivity contribution is 7.13. The SMILES string of the molecule is CCOC(=O)CC(=O)Nc1nc([C@H]2COc3ccccc3O2)cs1. The van der Waals surface area contributed by atoms with Crippen molar-refractivity contribution in [2.45, 2.75) is 19.4 Å². The second-order valence-electron chi connectivity index (χ2n) is 4.97. The zero-order chi connectivity index (χ0) is 16.9. The van der Waals surface area contributed by atoms with Gasteiger partial charge in [0.1, 0.15) is 13.0 Å². The summed E-state index contributed by atoms with van der Waals surface area (Å²) in [6.07, 6.45) is -0.675. The summed E-state index contributed by atoms with van der Waals surface area (Å²) in [6.45, 7) is 2.28. The number of ether oxygens (including phenoxy) is 3. The number of para-hydroxylation sites is 2. The van der Waals surface area contributed by atoms with Crippen molar-refractivity contribution in [3.05, 3.63) is 35.3 Å². The molecule has 0 unspecified atom stereocenters. The van der Waals surface area contributed by atoms with Gasteiger partial charge in [0.25, 0.3) is 0 Å². The monoisotopic (exact) mass is 348 g/mol. The van der Waals surface area contributed by atoms with Gasteiger partial charge in [0.2, 0.25) is 5.91 Å². The number of fused-ring (bicyclic) bond motifs is 1. The quantitative estimate of drug-likeness (QED) is 0.660. The lowest BCUT2D eigenvalue weighted by Gasteiger charge is -2.25. The molecule has 1 amide bonds. The molecular weight excluding hydrogens is 332 g/mol. The Kier molecular flexibility index (Phi) is 4.95. The van der Waals surface area contributed by atoms with Crippen LogP contribution in [0.4, 0.5) is 5.13 Å². The Morgan fingerprint density at radius 1 is 1.38 bits per heavy atom. The average molecular weight is 348 g/mol. The summed E-state index contributed by atoms with van der Waals surface area (Å²) in [7, 11) is 0. The van der Waals surface area contributed by atoms with Crippen LogP contribution in [-0.2, 0) is 14.3 Å². The van der Waals surface area contributed by atoms with Crippen LogP contribution in [0.15, 0.2) is 29.6 Å². The minimum atomic E-state index is -0.563. The first kappa shape index (κ1) is 16.3. The molecule has 1 aromatic heterocycles. The van der Waals surface area contributed by atoms with Gasteiger partial charge >= 0.3 is 5.97 Å². The van der Waals surface area contributed by atoms with Crippen molar-refractivity contribution >= 4 is 28.3 Å². The van der Waals surface area contributed by atoms with Crippen LogP contribution in [0, 0.1) is 0 Å². The highest BCUT2D eigenvalue weighted by Crippen LogP contribution is 2.36. The van der Waals surface area contributed by atoms with Crippen molar-refractivity contribution in [3.8, 4) is 11.5 Å². The molecule has 0 aliphatic carbocycles. The van der Waals surface area contributed by atoms with Gasteiger partial charge in [-0.2, -0.15) is 0 Å². The zero-order valence-corrected chi connectivity index (χ0v) is 13.8. The van der Waals surface area contributed by atoms with Crippen molar-refractivity contribution in [2.24, 2.45) is 0 Å². The Bertz CT molecular complexity index is 746. The topological polar surface area (TPSA) is 86.8 Å². The first-order valence-corrected chi connectivity index (χ1v) is 8.33. The fraction of sp³-hybridized carbons (Fsp3) is 0.312. The van der Waals surface area contributed by atoms with Crippen LogP contribution in [0.1, 0.15) is 25.1 Å². The number of anilines is 1. The summed E-state index contributed by atoms with van der Waals surface area (Å²) in [4.78, 5) is 27.4. The molecule has 0 saturated carbocycles. The smallest absolute Gasteiger partial charge is 0.315 e. The predicted octanol–water partition coefficient (Wildman–Crippen LogP) is 2.55. The van der Waals surface area contributed by atoms with Crippen LogP contribution >= 0.6 is 11.3 Å². The Morgan fingerprint density at radius 2 is 2.17 bits per heavy atom. The van der Waals surface area contributed by atoms with E-state index in [-0.39, 0.29) is 19.1 Å². The number of nitrogens with zero attached hydrogens (tertiary/aromatic N) is 1. The molecule has 0 saturated heterocycles. The number of carbonyl (C=O) groups excluding carboxylic acids is 2. The van der Waals surface area contributed by atoms with Crippen molar-refractivity contribution < 1.29 is 23.8 Å². The molecule has 8 heteroatoms. The fourth-order valence-electron chi connectivity index (χ4n) is 2.16.